The molecule has 1 aliphatic heterocycles. The molecule has 1 aromatic heterocycles. The first-order valence-corrected chi connectivity index (χ1v) is 11.9. The van der Waals surface area contributed by atoms with Gasteiger partial charge < -0.3 is 14.6 Å². The largest absolute Gasteiger partial charge is 0.462 e. The molecular weight excluding hydrogens is 446 g/mol. The van der Waals surface area contributed by atoms with Crippen LogP contribution in [0.4, 0.5) is 5.69 Å². The number of amides is 1. The summed E-state index contributed by atoms with van der Waals surface area (Å²) in [5.41, 5.74) is 7.53. The number of nitrogens with one attached hydrogen (secondary N) is 1. The van der Waals surface area contributed by atoms with E-state index in [0.29, 0.717) is 22.2 Å². The highest BCUT2D eigenvalue weighted by atomic mass is 32.2. The molecule has 1 N–H and O–H groups in total. The summed E-state index contributed by atoms with van der Waals surface area (Å²) < 4.78 is 7.16. The van der Waals surface area contributed by atoms with Crippen LogP contribution in [-0.2, 0) is 9.53 Å². The van der Waals surface area contributed by atoms with Crippen molar-refractivity contribution < 1.29 is 14.3 Å². The van der Waals surface area contributed by atoms with Crippen LogP contribution >= 0.6 is 11.8 Å². The van der Waals surface area contributed by atoms with Crippen molar-refractivity contribution in [1.82, 2.24) is 9.88 Å². The summed E-state index contributed by atoms with van der Waals surface area (Å²) >= 11 is 1.34. The molecule has 0 spiro atoms. The molecule has 1 saturated heterocycles. The van der Waals surface area contributed by atoms with Crippen molar-refractivity contribution in [3.05, 3.63) is 87.1 Å². The molecule has 34 heavy (non-hydrogen) atoms. The molecular formula is C27H27N3O3S. The lowest BCUT2D eigenvalue weighted by atomic mass is 10.1. The van der Waals surface area contributed by atoms with Gasteiger partial charge in [0.1, 0.15) is 0 Å². The zero-order valence-corrected chi connectivity index (χ0v) is 20.7. The van der Waals surface area contributed by atoms with Crippen LogP contribution in [0.1, 0.15) is 45.4 Å². The third-order valence-corrected chi connectivity index (χ3v) is 6.53. The predicted octanol–water partition coefficient (Wildman–Crippen LogP) is 5.78. The molecule has 174 valence electrons. The molecule has 0 bridgehead atoms. The molecule has 1 amide bonds. The first kappa shape index (κ1) is 23.6. The molecule has 7 heteroatoms. The van der Waals surface area contributed by atoms with Gasteiger partial charge in [0.15, 0.2) is 5.17 Å². The second kappa shape index (κ2) is 9.73. The Hall–Kier alpha value is -3.58. The van der Waals surface area contributed by atoms with Crippen molar-refractivity contribution in [3.8, 4) is 5.69 Å². The number of nitrogens with zero attached hydrogens (tertiary/aromatic N) is 2. The first-order chi connectivity index (χ1) is 16.3. The topological polar surface area (TPSA) is 72.7 Å². The van der Waals surface area contributed by atoms with Gasteiger partial charge >= 0.3 is 5.97 Å². The normalized spacial score (nSPS) is 15.7. The van der Waals surface area contributed by atoms with Gasteiger partial charge in [0.2, 0.25) is 0 Å². The lowest BCUT2D eigenvalue weighted by molar-refractivity contribution is -0.115. The van der Waals surface area contributed by atoms with Gasteiger partial charge in [0, 0.05) is 17.1 Å². The molecule has 0 unspecified atom stereocenters. The lowest BCUT2D eigenvalue weighted by Gasteiger charge is -2.10. The number of amidine groups is 1. The van der Waals surface area contributed by atoms with E-state index >= 15 is 0 Å². The smallest absolute Gasteiger partial charge is 0.338 e. The van der Waals surface area contributed by atoms with Gasteiger partial charge in [-0.3, -0.25) is 4.79 Å². The maximum atomic E-state index is 12.6. The molecule has 0 saturated carbocycles. The van der Waals surface area contributed by atoms with Crippen molar-refractivity contribution in [3.63, 3.8) is 0 Å². The van der Waals surface area contributed by atoms with Crippen LogP contribution < -0.4 is 5.32 Å². The summed E-state index contributed by atoms with van der Waals surface area (Å²) in [5, 5.41) is 3.44. The van der Waals surface area contributed by atoms with E-state index in [9.17, 15) is 9.59 Å². The van der Waals surface area contributed by atoms with Gasteiger partial charge in [-0.15, -0.1) is 0 Å². The van der Waals surface area contributed by atoms with Crippen LogP contribution in [0.15, 0.2) is 58.4 Å². The third kappa shape index (κ3) is 4.84. The SMILES string of the molecule is CCOC(=O)c1ccc(-n2c(C)cc(/C=C3\SC(=Nc4ccc(C)cc4C)NC3=O)c2C)cc1. The highest BCUT2D eigenvalue weighted by Gasteiger charge is 2.25. The fourth-order valence-electron chi connectivity index (χ4n) is 3.95. The van der Waals surface area contributed by atoms with Gasteiger partial charge in [-0.25, -0.2) is 9.79 Å². The predicted molar refractivity (Wildman–Crippen MR) is 138 cm³/mol. The van der Waals surface area contributed by atoms with Crippen molar-refractivity contribution in [2.75, 3.05) is 6.61 Å². The number of aryl methyl sites for hydroxylation is 3. The van der Waals surface area contributed by atoms with Crippen LogP contribution in [0.5, 0.6) is 0 Å². The standard InChI is InChI=1S/C27H27N3O3S/c1-6-33-26(32)20-8-10-22(11-9-20)30-18(4)14-21(19(30)5)15-24-25(31)29-27(34-24)28-23-12-7-16(2)13-17(23)3/h7-15H,6H2,1-5H3,(H,28,29,31)/b24-15-. The molecule has 0 radical (unpaired) electrons. The zero-order chi connectivity index (χ0) is 24.4. The fraction of sp³-hybridized carbons (Fsp3) is 0.222. The highest BCUT2D eigenvalue weighted by molar-refractivity contribution is 8.18. The Morgan fingerprint density at radius 2 is 1.82 bits per heavy atom. The van der Waals surface area contributed by atoms with Crippen LogP contribution in [0.3, 0.4) is 0 Å². The van der Waals surface area contributed by atoms with E-state index in [1.54, 1.807) is 19.1 Å². The Balaban J connectivity index is 1.59. The monoisotopic (exact) mass is 473 g/mol. The van der Waals surface area contributed by atoms with E-state index in [1.165, 1.54) is 17.3 Å². The Morgan fingerprint density at radius 1 is 1.09 bits per heavy atom. The third-order valence-electron chi connectivity index (χ3n) is 5.62. The van der Waals surface area contributed by atoms with Crippen LogP contribution in [0.2, 0.25) is 0 Å². The molecule has 1 aliphatic rings. The zero-order valence-electron chi connectivity index (χ0n) is 19.9. The Labute approximate surface area is 203 Å². The number of rotatable bonds is 5. The maximum Gasteiger partial charge on any atom is 0.338 e. The summed E-state index contributed by atoms with van der Waals surface area (Å²) in [6.07, 6.45) is 1.90. The maximum absolute atomic E-state index is 12.6. The number of hydrogen-bond acceptors (Lipinski definition) is 5. The minimum Gasteiger partial charge on any atom is -0.462 e. The summed E-state index contributed by atoms with van der Waals surface area (Å²) in [7, 11) is 0. The van der Waals surface area contributed by atoms with Crippen LogP contribution in [0.25, 0.3) is 11.8 Å². The number of aromatic nitrogens is 1. The summed E-state index contributed by atoms with van der Waals surface area (Å²) in [6.45, 7) is 10.2. The second-order valence-corrected chi connectivity index (χ2v) is 9.23. The molecule has 6 nitrogen and oxygen atoms in total. The Morgan fingerprint density at radius 3 is 2.50 bits per heavy atom. The summed E-state index contributed by atoms with van der Waals surface area (Å²) in [6, 6.07) is 15.4. The molecule has 0 atom stereocenters. The average molecular weight is 474 g/mol. The van der Waals surface area contributed by atoms with Gasteiger partial charge in [0.25, 0.3) is 5.91 Å². The van der Waals surface area contributed by atoms with Crippen LogP contribution in [-0.4, -0.2) is 28.2 Å². The van der Waals surface area contributed by atoms with E-state index < -0.39 is 0 Å². The number of carbonyl (C=O) groups is 2. The Kier molecular flexibility index (Phi) is 6.75. The van der Waals surface area contributed by atoms with Gasteiger partial charge in [-0.2, -0.15) is 0 Å². The van der Waals surface area contributed by atoms with Gasteiger partial charge in [-0.1, -0.05) is 17.7 Å². The number of benzene rings is 2. The summed E-state index contributed by atoms with van der Waals surface area (Å²) in [4.78, 5) is 29.8. The fourth-order valence-corrected chi connectivity index (χ4v) is 4.78. The van der Waals surface area contributed by atoms with Crippen LogP contribution in [0, 0.1) is 27.7 Å². The molecule has 4 rings (SSSR count). The number of carbonyl (C=O) groups excluding carboxylic acids is 2. The molecule has 2 aromatic carbocycles. The van der Waals surface area contributed by atoms with E-state index in [2.05, 4.69) is 27.0 Å². The Bertz CT molecular complexity index is 1330. The number of esters is 1. The van der Waals surface area contributed by atoms with Crippen molar-refractivity contribution in [1.29, 1.82) is 0 Å². The number of ether oxygens (including phenoxy) is 1. The van der Waals surface area contributed by atoms with Crippen molar-refractivity contribution in [2.24, 2.45) is 4.99 Å². The van der Waals surface area contributed by atoms with Gasteiger partial charge in [0.05, 0.1) is 22.8 Å². The molecule has 1 fully saturated rings. The van der Waals surface area contributed by atoms with Crippen molar-refractivity contribution >= 4 is 40.6 Å². The molecule has 2 heterocycles. The number of aliphatic imine (C=N–C) groups is 1. The van der Waals surface area contributed by atoms with Crippen molar-refractivity contribution in [2.45, 2.75) is 34.6 Å². The minimum atomic E-state index is -0.331. The van der Waals surface area contributed by atoms with E-state index in [-0.39, 0.29) is 11.9 Å². The lowest BCUT2D eigenvalue weighted by Crippen LogP contribution is -2.19. The second-order valence-electron chi connectivity index (χ2n) is 8.20. The molecule has 0 aliphatic carbocycles. The summed E-state index contributed by atoms with van der Waals surface area (Å²) in [5.74, 6) is -0.486. The van der Waals surface area contributed by atoms with Gasteiger partial charge in [-0.05, 0) is 100.0 Å². The van der Waals surface area contributed by atoms with E-state index in [4.69, 9.17) is 4.74 Å². The quantitative estimate of drug-likeness (QED) is 0.377. The number of thioether (sulfide) groups is 1. The average Bonchev–Trinajstić information content (AvgIpc) is 3.28. The number of hydrogen-bond donors (Lipinski definition) is 1. The van der Waals surface area contributed by atoms with E-state index in [1.807, 2.05) is 58.0 Å². The minimum absolute atomic E-state index is 0.155. The highest BCUT2D eigenvalue weighted by Crippen LogP contribution is 2.31. The molecule has 3 aromatic rings. The van der Waals surface area contributed by atoms with E-state index in [0.717, 1.165) is 33.9 Å². The first-order valence-electron chi connectivity index (χ1n) is 11.1.